The summed E-state index contributed by atoms with van der Waals surface area (Å²) >= 11 is 0. The first-order chi connectivity index (χ1) is 5.29. The van der Waals surface area contributed by atoms with Crippen molar-refractivity contribution in [2.45, 2.75) is 13.2 Å². The fourth-order valence-corrected chi connectivity index (χ4v) is 1.24. The number of ether oxygens (including phenoxy) is 1. The van der Waals surface area contributed by atoms with Crippen LogP contribution < -0.4 is 0 Å². The Kier molecular flexibility index (Phi) is 1.22. The standard InChI is InChI=1S/C7H7NO3/c9-7(10)6-5-3-11-2-4(5)1-8-6/h1,8H,2-3H2,(H,9,10). The first-order valence-electron chi connectivity index (χ1n) is 3.29. The van der Waals surface area contributed by atoms with Gasteiger partial charge in [-0.25, -0.2) is 4.79 Å². The highest BCUT2D eigenvalue weighted by Crippen LogP contribution is 2.22. The Morgan fingerprint density at radius 1 is 1.64 bits per heavy atom. The van der Waals surface area contributed by atoms with Crippen molar-refractivity contribution in [3.8, 4) is 0 Å². The van der Waals surface area contributed by atoms with Crippen LogP contribution in [0, 0.1) is 0 Å². The van der Waals surface area contributed by atoms with Gasteiger partial charge >= 0.3 is 5.97 Å². The summed E-state index contributed by atoms with van der Waals surface area (Å²) in [6.07, 6.45) is 1.69. The number of aromatic carboxylic acids is 1. The van der Waals surface area contributed by atoms with Crippen molar-refractivity contribution in [1.29, 1.82) is 0 Å². The summed E-state index contributed by atoms with van der Waals surface area (Å²) in [6.45, 7) is 0.944. The molecule has 2 rings (SSSR count). The van der Waals surface area contributed by atoms with Gasteiger partial charge in [0.05, 0.1) is 13.2 Å². The minimum atomic E-state index is -0.920. The van der Waals surface area contributed by atoms with Gasteiger partial charge in [0.25, 0.3) is 0 Å². The zero-order chi connectivity index (χ0) is 7.84. The molecule has 0 amide bonds. The van der Waals surface area contributed by atoms with Crippen molar-refractivity contribution >= 4 is 5.97 Å². The van der Waals surface area contributed by atoms with E-state index in [9.17, 15) is 4.79 Å². The van der Waals surface area contributed by atoms with Gasteiger partial charge in [-0.1, -0.05) is 0 Å². The van der Waals surface area contributed by atoms with Crippen LogP contribution in [0.4, 0.5) is 0 Å². The maximum atomic E-state index is 10.5. The number of carboxylic acids is 1. The summed E-state index contributed by atoms with van der Waals surface area (Å²) < 4.78 is 5.06. The normalized spacial score (nSPS) is 14.9. The van der Waals surface area contributed by atoms with Crippen LogP contribution in [0.25, 0.3) is 0 Å². The molecule has 1 aliphatic rings. The highest BCUT2D eigenvalue weighted by Gasteiger charge is 2.20. The van der Waals surface area contributed by atoms with Gasteiger partial charge in [-0.2, -0.15) is 0 Å². The molecule has 0 fully saturated rings. The first-order valence-corrected chi connectivity index (χ1v) is 3.29. The van der Waals surface area contributed by atoms with Crippen molar-refractivity contribution in [3.05, 3.63) is 23.0 Å². The number of hydrogen-bond acceptors (Lipinski definition) is 2. The third-order valence-corrected chi connectivity index (χ3v) is 1.80. The Morgan fingerprint density at radius 3 is 3.18 bits per heavy atom. The molecule has 0 saturated carbocycles. The predicted molar refractivity (Wildman–Crippen MR) is 36.2 cm³/mol. The van der Waals surface area contributed by atoms with Gasteiger partial charge in [-0.05, 0) is 0 Å². The second-order valence-electron chi connectivity index (χ2n) is 2.47. The average molecular weight is 153 g/mol. The minimum absolute atomic E-state index is 0.262. The molecule has 0 unspecified atom stereocenters. The van der Waals surface area contributed by atoms with Gasteiger partial charge in [0.1, 0.15) is 5.69 Å². The molecule has 0 radical (unpaired) electrons. The number of nitrogens with one attached hydrogen (secondary N) is 1. The van der Waals surface area contributed by atoms with Gasteiger partial charge in [0.2, 0.25) is 0 Å². The van der Waals surface area contributed by atoms with E-state index in [0.717, 1.165) is 11.1 Å². The third-order valence-electron chi connectivity index (χ3n) is 1.80. The van der Waals surface area contributed by atoms with E-state index in [1.54, 1.807) is 6.20 Å². The number of H-pyrrole nitrogens is 1. The summed E-state index contributed by atoms with van der Waals surface area (Å²) in [4.78, 5) is 13.2. The van der Waals surface area contributed by atoms with Gasteiger partial charge in [-0.3, -0.25) is 0 Å². The maximum absolute atomic E-state index is 10.5. The van der Waals surface area contributed by atoms with E-state index in [4.69, 9.17) is 9.84 Å². The smallest absolute Gasteiger partial charge is 0.352 e. The highest BCUT2D eigenvalue weighted by atomic mass is 16.5. The van der Waals surface area contributed by atoms with E-state index < -0.39 is 5.97 Å². The van der Waals surface area contributed by atoms with Crippen LogP contribution in [0.1, 0.15) is 21.6 Å². The van der Waals surface area contributed by atoms with Crippen LogP contribution in [0.5, 0.6) is 0 Å². The Hall–Kier alpha value is -1.29. The lowest BCUT2D eigenvalue weighted by Crippen LogP contribution is -2.00. The van der Waals surface area contributed by atoms with Crippen LogP contribution in [0.15, 0.2) is 6.20 Å². The van der Waals surface area contributed by atoms with E-state index in [2.05, 4.69) is 4.98 Å². The van der Waals surface area contributed by atoms with Gasteiger partial charge in [0.15, 0.2) is 0 Å². The number of aromatic amines is 1. The largest absolute Gasteiger partial charge is 0.477 e. The summed E-state index contributed by atoms with van der Waals surface area (Å²) in [5.74, 6) is -0.920. The van der Waals surface area contributed by atoms with Crippen LogP contribution in [-0.4, -0.2) is 16.1 Å². The minimum Gasteiger partial charge on any atom is -0.477 e. The molecule has 1 aromatic heterocycles. The molecule has 0 aromatic carbocycles. The Bertz CT molecular complexity index is 303. The molecule has 0 bridgehead atoms. The Labute approximate surface area is 62.8 Å². The van der Waals surface area contributed by atoms with E-state index in [1.807, 2.05) is 0 Å². The Balaban J connectivity index is 2.50. The summed E-state index contributed by atoms with van der Waals surface area (Å²) in [7, 11) is 0. The lowest BCUT2D eigenvalue weighted by atomic mass is 10.2. The monoisotopic (exact) mass is 153 g/mol. The lowest BCUT2D eigenvalue weighted by Gasteiger charge is -1.91. The second kappa shape index (κ2) is 2.10. The number of rotatable bonds is 1. The topological polar surface area (TPSA) is 62.3 Å². The van der Waals surface area contributed by atoms with Crippen molar-refractivity contribution < 1.29 is 14.6 Å². The highest BCUT2D eigenvalue weighted by molar-refractivity contribution is 5.87. The fourth-order valence-electron chi connectivity index (χ4n) is 1.24. The summed E-state index contributed by atoms with van der Waals surface area (Å²) in [6, 6.07) is 0. The molecule has 0 saturated heterocycles. The molecular weight excluding hydrogens is 146 g/mol. The van der Waals surface area contributed by atoms with E-state index >= 15 is 0 Å². The van der Waals surface area contributed by atoms with E-state index in [-0.39, 0.29) is 5.69 Å². The van der Waals surface area contributed by atoms with E-state index in [0.29, 0.717) is 13.2 Å². The number of carbonyl (C=O) groups is 1. The molecule has 1 aliphatic heterocycles. The quantitative estimate of drug-likeness (QED) is 0.625. The van der Waals surface area contributed by atoms with Crippen molar-refractivity contribution in [2.24, 2.45) is 0 Å². The van der Waals surface area contributed by atoms with Gasteiger partial charge in [-0.15, -0.1) is 0 Å². The molecule has 2 heterocycles. The predicted octanol–water partition coefficient (Wildman–Crippen LogP) is 0.743. The fraction of sp³-hybridized carbons (Fsp3) is 0.286. The lowest BCUT2D eigenvalue weighted by molar-refractivity contribution is 0.0685. The van der Waals surface area contributed by atoms with Crippen LogP contribution in [0.3, 0.4) is 0 Å². The molecule has 0 aliphatic carbocycles. The Morgan fingerprint density at radius 2 is 2.45 bits per heavy atom. The molecule has 2 N–H and O–H groups in total. The molecule has 0 atom stereocenters. The molecule has 1 aromatic rings. The average Bonchev–Trinajstić information content (AvgIpc) is 2.41. The van der Waals surface area contributed by atoms with Crippen LogP contribution in [0.2, 0.25) is 0 Å². The number of carboxylic acid groups (broad SMARTS) is 1. The molecule has 0 spiro atoms. The maximum Gasteiger partial charge on any atom is 0.352 e. The van der Waals surface area contributed by atoms with E-state index in [1.165, 1.54) is 0 Å². The second-order valence-corrected chi connectivity index (χ2v) is 2.47. The zero-order valence-electron chi connectivity index (χ0n) is 5.76. The van der Waals surface area contributed by atoms with Gasteiger partial charge in [0, 0.05) is 17.3 Å². The number of fused-ring (bicyclic) bond motifs is 1. The molecule has 11 heavy (non-hydrogen) atoms. The first kappa shape index (κ1) is 6.42. The molecule has 4 nitrogen and oxygen atoms in total. The summed E-state index contributed by atoms with van der Waals surface area (Å²) in [5.41, 5.74) is 2.01. The molecular formula is C7H7NO3. The number of aromatic nitrogens is 1. The van der Waals surface area contributed by atoms with Crippen molar-refractivity contribution in [1.82, 2.24) is 4.98 Å². The SMILES string of the molecule is O=C(O)c1[nH]cc2c1COC2. The van der Waals surface area contributed by atoms with Crippen molar-refractivity contribution in [3.63, 3.8) is 0 Å². The van der Waals surface area contributed by atoms with Crippen molar-refractivity contribution in [2.75, 3.05) is 0 Å². The zero-order valence-corrected chi connectivity index (χ0v) is 5.76. The number of hydrogen-bond donors (Lipinski definition) is 2. The molecule has 4 heteroatoms. The summed E-state index contributed by atoms with van der Waals surface area (Å²) in [5, 5.41) is 8.65. The molecule has 58 valence electrons. The van der Waals surface area contributed by atoms with Gasteiger partial charge < -0.3 is 14.8 Å². The van der Waals surface area contributed by atoms with Crippen LogP contribution in [-0.2, 0) is 18.0 Å². The van der Waals surface area contributed by atoms with Crippen LogP contribution >= 0.6 is 0 Å². The third kappa shape index (κ3) is 0.832.